The van der Waals surface area contributed by atoms with Gasteiger partial charge in [-0.1, -0.05) is 32.0 Å². The van der Waals surface area contributed by atoms with Gasteiger partial charge in [0.05, 0.1) is 12.2 Å². The highest BCUT2D eigenvalue weighted by atomic mass is 19.4. The standard InChI is InChI=1S/C24H28F3NO4/c1-5-31-10-11-32-22(30)19-14(2)28-17-12-23(3,4)13-18(29)21(17)20(19)15-8-6-7-9-16(15)24(25,26)27/h6-9,19-20H,5,10-13H2,1-4H3/t19?,20-/m1/s1. The van der Waals surface area contributed by atoms with Gasteiger partial charge in [-0.15, -0.1) is 0 Å². The van der Waals surface area contributed by atoms with Crippen LogP contribution in [-0.4, -0.2) is 37.3 Å². The normalized spacial score (nSPS) is 23.0. The van der Waals surface area contributed by atoms with Crippen molar-refractivity contribution in [2.24, 2.45) is 16.3 Å². The third-order valence-corrected chi connectivity index (χ3v) is 5.83. The minimum atomic E-state index is -4.64. The van der Waals surface area contributed by atoms with E-state index in [2.05, 4.69) is 4.99 Å². The maximum atomic E-state index is 13.9. The first-order valence-electron chi connectivity index (χ1n) is 10.7. The van der Waals surface area contributed by atoms with Gasteiger partial charge in [0.1, 0.15) is 12.5 Å². The number of halogens is 3. The number of hydrogen-bond acceptors (Lipinski definition) is 5. The van der Waals surface area contributed by atoms with Crippen LogP contribution in [0.3, 0.4) is 0 Å². The van der Waals surface area contributed by atoms with Crippen molar-refractivity contribution in [2.75, 3.05) is 19.8 Å². The van der Waals surface area contributed by atoms with Gasteiger partial charge in [-0.2, -0.15) is 13.2 Å². The van der Waals surface area contributed by atoms with Crippen molar-refractivity contribution in [3.05, 3.63) is 46.7 Å². The van der Waals surface area contributed by atoms with Gasteiger partial charge in [-0.25, -0.2) is 0 Å². The van der Waals surface area contributed by atoms with Crippen molar-refractivity contribution in [2.45, 2.75) is 52.6 Å². The number of allylic oxidation sites excluding steroid dienone is 2. The Morgan fingerprint density at radius 3 is 2.53 bits per heavy atom. The van der Waals surface area contributed by atoms with Crippen LogP contribution in [0.15, 0.2) is 40.5 Å². The van der Waals surface area contributed by atoms with Crippen LogP contribution in [0.5, 0.6) is 0 Å². The molecule has 1 aliphatic carbocycles. The molecule has 0 radical (unpaired) electrons. The van der Waals surface area contributed by atoms with Crippen molar-refractivity contribution in [3.8, 4) is 0 Å². The second-order valence-electron chi connectivity index (χ2n) is 8.96. The van der Waals surface area contributed by atoms with Crippen LogP contribution in [0.2, 0.25) is 0 Å². The zero-order chi connectivity index (χ0) is 23.7. The molecule has 8 heteroatoms. The van der Waals surface area contributed by atoms with Crippen molar-refractivity contribution in [3.63, 3.8) is 0 Å². The number of ketones is 1. The number of carbonyl (C=O) groups is 2. The summed E-state index contributed by atoms with van der Waals surface area (Å²) in [6.07, 6.45) is -4.01. The lowest BCUT2D eigenvalue weighted by Gasteiger charge is -2.39. The van der Waals surface area contributed by atoms with Crippen molar-refractivity contribution in [1.29, 1.82) is 0 Å². The summed E-state index contributed by atoms with van der Waals surface area (Å²) in [6, 6.07) is 5.10. The zero-order valence-electron chi connectivity index (χ0n) is 18.7. The number of hydrogen-bond donors (Lipinski definition) is 0. The fourth-order valence-corrected chi connectivity index (χ4v) is 4.55. The summed E-state index contributed by atoms with van der Waals surface area (Å²) in [4.78, 5) is 30.8. The Morgan fingerprint density at radius 1 is 1.19 bits per heavy atom. The molecule has 0 fully saturated rings. The lowest BCUT2D eigenvalue weighted by molar-refractivity contribution is -0.149. The van der Waals surface area contributed by atoms with Crippen LogP contribution >= 0.6 is 0 Å². The fraction of sp³-hybridized carbons (Fsp3) is 0.542. The first-order valence-corrected chi connectivity index (χ1v) is 10.7. The van der Waals surface area contributed by atoms with E-state index in [1.807, 2.05) is 13.8 Å². The maximum absolute atomic E-state index is 13.9. The molecule has 1 aromatic rings. The molecule has 1 heterocycles. The third kappa shape index (κ3) is 4.95. The Labute approximate surface area is 185 Å². The van der Waals surface area contributed by atoms with E-state index in [1.54, 1.807) is 13.8 Å². The molecule has 5 nitrogen and oxygen atoms in total. The quantitative estimate of drug-likeness (QED) is 0.446. The summed E-state index contributed by atoms with van der Waals surface area (Å²) in [5.74, 6) is -3.22. The molecule has 1 aromatic carbocycles. The Kier molecular flexibility index (Phi) is 6.93. The number of esters is 1. The van der Waals surface area contributed by atoms with Crippen LogP contribution in [0, 0.1) is 11.3 Å². The number of aliphatic imine (C=N–C) groups is 1. The smallest absolute Gasteiger partial charge is 0.416 e. The molecule has 1 aliphatic heterocycles. The van der Waals surface area contributed by atoms with Crippen LogP contribution in [0.1, 0.15) is 57.6 Å². The fourth-order valence-electron chi connectivity index (χ4n) is 4.55. The van der Waals surface area contributed by atoms with E-state index in [1.165, 1.54) is 18.2 Å². The van der Waals surface area contributed by atoms with Crippen LogP contribution in [0.25, 0.3) is 0 Å². The van der Waals surface area contributed by atoms with Gasteiger partial charge in [0, 0.05) is 35.9 Å². The van der Waals surface area contributed by atoms with Gasteiger partial charge < -0.3 is 9.47 Å². The topological polar surface area (TPSA) is 65.0 Å². The van der Waals surface area contributed by atoms with E-state index in [4.69, 9.17) is 9.47 Å². The largest absolute Gasteiger partial charge is 0.463 e. The van der Waals surface area contributed by atoms with Crippen LogP contribution < -0.4 is 0 Å². The predicted molar refractivity (Wildman–Crippen MR) is 113 cm³/mol. The highest BCUT2D eigenvalue weighted by molar-refractivity contribution is 6.09. The summed E-state index contributed by atoms with van der Waals surface area (Å²) in [6.45, 7) is 7.84. The van der Waals surface area contributed by atoms with Gasteiger partial charge in [0.15, 0.2) is 5.78 Å². The molecule has 0 bridgehead atoms. The Hall–Kier alpha value is -2.48. The summed E-state index contributed by atoms with van der Waals surface area (Å²) in [7, 11) is 0. The van der Waals surface area contributed by atoms with Crippen LogP contribution in [0.4, 0.5) is 13.2 Å². The highest BCUT2D eigenvalue weighted by Crippen LogP contribution is 2.50. The number of carbonyl (C=O) groups excluding carboxylic acids is 2. The molecular formula is C24H28F3NO4. The Bertz CT molecular complexity index is 962. The van der Waals surface area contributed by atoms with Crippen molar-refractivity contribution >= 4 is 17.5 Å². The Balaban J connectivity index is 2.13. The lowest BCUT2D eigenvalue weighted by atomic mass is 9.66. The molecule has 0 N–H and O–H groups in total. The van der Waals surface area contributed by atoms with Gasteiger partial charge in [0.25, 0.3) is 0 Å². The average Bonchev–Trinajstić information content (AvgIpc) is 2.68. The Morgan fingerprint density at radius 2 is 1.88 bits per heavy atom. The molecule has 174 valence electrons. The molecule has 2 atom stereocenters. The van der Waals surface area contributed by atoms with Gasteiger partial charge in [-0.3, -0.25) is 14.6 Å². The molecule has 0 aromatic heterocycles. The monoisotopic (exact) mass is 451 g/mol. The zero-order valence-corrected chi connectivity index (χ0v) is 18.7. The second-order valence-corrected chi connectivity index (χ2v) is 8.96. The van der Waals surface area contributed by atoms with Gasteiger partial charge in [-0.05, 0) is 37.3 Å². The molecular weight excluding hydrogens is 423 g/mol. The molecule has 0 saturated carbocycles. The van der Waals surface area contributed by atoms with Crippen LogP contribution in [-0.2, 0) is 25.2 Å². The number of alkyl halides is 3. The predicted octanol–water partition coefficient (Wildman–Crippen LogP) is 5.10. The second kappa shape index (κ2) is 9.17. The summed E-state index contributed by atoms with van der Waals surface area (Å²) < 4.78 is 52.2. The molecule has 1 unspecified atom stereocenters. The number of Topliss-reactive ketones (excluding diaryl/α,β-unsaturated/α-hetero) is 1. The number of ether oxygens (including phenoxy) is 2. The highest BCUT2D eigenvalue weighted by Gasteiger charge is 2.48. The van der Waals surface area contributed by atoms with E-state index >= 15 is 0 Å². The summed E-state index contributed by atoms with van der Waals surface area (Å²) >= 11 is 0. The minimum Gasteiger partial charge on any atom is -0.463 e. The third-order valence-electron chi connectivity index (χ3n) is 5.83. The minimum absolute atomic E-state index is 0.0308. The molecule has 2 aliphatic rings. The van der Waals surface area contributed by atoms with E-state index in [9.17, 15) is 22.8 Å². The summed E-state index contributed by atoms with van der Waals surface area (Å²) in [5.41, 5.74) is -0.337. The molecule has 0 spiro atoms. The maximum Gasteiger partial charge on any atom is 0.416 e. The number of benzene rings is 1. The molecule has 0 saturated heterocycles. The van der Waals surface area contributed by atoms with E-state index in [-0.39, 0.29) is 42.0 Å². The first-order chi connectivity index (χ1) is 15.0. The van der Waals surface area contributed by atoms with Gasteiger partial charge >= 0.3 is 12.1 Å². The number of rotatable bonds is 6. The lowest BCUT2D eigenvalue weighted by Crippen LogP contribution is -2.40. The molecule has 3 rings (SSSR count). The first kappa shape index (κ1) is 24.2. The SMILES string of the molecule is CCOCCOC(=O)C1C(C)=NC2=C(C(=O)CC(C)(C)C2)[C@@H]1c1ccccc1C(F)(F)F. The van der Waals surface area contributed by atoms with E-state index in [0.717, 1.165) is 6.07 Å². The average molecular weight is 451 g/mol. The van der Waals surface area contributed by atoms with E-state index < -0.39 is 29.5 Å². The van der Waals surface area contributed by atoms with Crippen molar-refractivity contribution in [1.82, 2.24) is 0 Å². The van der Waals surface area contributed by atoms with E-state index in [0.29, 0.717) is 24.4 Å². The van der Waals surface area contributed by atoms with Crippen molar-refractivity contribution < 1.29 is 32.2 Å². The summed E-state index contributed by atoms with van der Waals surface area (Å²) in [5, 5.41) is 0. The van der Waals surface area contributed by atoms with Gasteiger partial charge in [0.2, 0.25) is 0 Å². The number of nitrogens with zero attached hydrogens (tertiary/aromatic N) is 1. The molecule has 0 amide bonds. The molecule has 32 heavy (non-hydrogen) atoms.